The largest absolute Gasteiger partial charge is 0.356 e. The van der Waals surface area contributed by atoms with Gasteiger partial charge in [0.25, 0.3) is 5.91 Å². The van der Waals surface area contributed by atoms with E-state index < -0.39 is 5.54 Å². The Morgan fingerprint density at radius 2 is 2.00 bits per heavy atom. The average molecular weight is 345 g/mol. The molecule has 0 radical (unpaired) electrons. The minimum absolute atomic E-state index is 0.156. The molecule has 0 aromatic carbocycles. The van der Waals surface area contributed by atoms with Gasteiger partial charge in [0.2, 0.25) is 0 Å². The normalized spacial score (nSPS) is 24.4. The molecule has 3 heterocycles. The van der Waals surface area contributed by atoms with Crippen LogP contribution in [0.15, 0.2) is 6.20 Å². The first-order valence-electron chi connectivity index (χ1n) is 9.21. The van der Waals surface area contributed by atoms with Crippen LogP contribution in [0.25, 0.3) is 0 Å². The van der Waals surface area contributed by atoms with Gasteiger partial charge in [0.1, 0.15) is 17.2 Å². The third kappa shape index (κ3) is 3.19. The first-order chi connectivity index (χ1) is 12.0. The lowest BCUT2D eigenvalue weighted by atomic mass is 9.75. The molecule has 2 N–H and O–H groups in total. The van der Waals surface area contributed by atoms with Crippen LogP contribution in [0.1, 0.15) is 50.9 Å². The quantitative estimate of drug-likeness (QED) is 0.797. The van der Waals surface area contributed by atoms with E-state index in [2.05, 4.69) is 32.4 Å². The number of nitrogens with zero attached hydrogens (tertiary/aromatic N) is 3. The molecule has 7 heteroatoms. The zero-order valence-corrected chi connectivity index (χ0v) is 15.3. The van der Waals surface area contributed by atoms with Crippen molar-refractivity contribution in [3.63, 3.8) is 0 Å². The number of hydrogen-bond donors (Lipinski definition) is 2. The van der Waals surface area contributed by atoms with E-state index in [0.717, 1.165) is 56.0 Å². The average Bonchev–Trinajstić information content (AvgIpc) is 2.90. The SMILES string of the molecule is CCC[C@@]1(C2CCN(c3nc(C)ncc3CC)CC2)NC(=O)NC1=O. The highest BCUT2D eigenvalue weighted by Crippen LogP contribution is 2.35. The van der Waals surface area contributed by atoms with E-state index in [1.165, 1.54) is 0 Å². The Morgan fingerprint density at radius 3 is 2.56 bits per heavy atom. The third-order valence-corrected chi connectivity index (χ3v) is 5.45. The van der Waals surface area contributed by atoms with E-state index in [1.54, 1.807) is 0 Å². The van der Waals surface area contributed by atoms with Gasteiger partial charge in [0, 0.05) is 24.8 Å². The van der Waals surface area contributed by atoms with Gasteiger partial charge in [0.05, 0.1) is 0 Å². The lowest BCUT2D eigenvalue weighted by molar-refractivity contribution is -0.126. The van der Waals surface area contributed by atoms with E-state index >= 15 is 0 Å². The molecule has 2 aliphatic rings. The van der Waals surface area contributed by atoms with Crippen molar-refractivity contribution in [3.8, 4) is 0 Å². The van der Waals surface area contributed by atoms with E-state index in [-0.39, 0.29) is 17.9 Å². The minimum atomic E-state index is -0.743. The van der Waals surface area contributed by atoms with Gasteiger partial charge >= 0.3 is 6.03 Å². The van der Waals surface area contributed by atoms with E-state index in [9.17, 15) is 9.59 Å². The Morgan fingerprint density at radius 1 is 1.28 bits per heavy atom. The summed E-state index contributed by atoms with van der Waals surface area (Å²) in [5.41, 5.74) is 0.409. The monoisotopic (exact) mass is 345 g/mol. The van der Waals surface area contributed by atoms with Crippen molar-refractivity contribution < 1.29 is 9.59 Å². The molecule has 0 unspecified atom stereocenters. The van der Waals surface area contributed by atoms with Crippen molar-refractivity contribution >= 4 is 17.8 Å². The van der Waals surface area contributed by atoms with Crippen molar-refractivity contribution in [3.05, 3.63) is 17.6 Å². The summed E-state index contributed by atoms with van der Waals surface area (Å²) in [5.74, 6) is 1.78. The highest BCUT2D eigenvalue weighted by Gasteiger charge is 2.51. The molecule has 136 valence electrons. The molecule has 25 heavy (non-hydrogen) atoms. The number of amides is 3. The van der Waals surface area contributed by atoms with Crippen molar-refractivity contribution in [2.45, 2.75) is 58.4 Å². The number of urea groups is 1. The zero-order chi connectivity index (χ0) is 18.0. The Bertz CT molecular complexity index is 669. The van der Waals surface area contributed by atoms with Crippen LogP contribution in [0.3, 0.4) is 0 Å². The number of aryl methyl sites for hydroxylation is 2. The van der Waals surface area contributed by atoms with Gasteiger partial charge in [-0.05, 0) is 38.5 Å². The molecule has 2 fully saturated rings. The molecule has 2 saturated heterocycles. The second-order valence-electron chi connectivity index (χ2n) is 7.01. The predicted octanol–water partition coefficient (Wildman–Crippen LogP) is 1.94. The summed E-state index contributed by atoms with van der Waals surface area (Å²) in [6.45, 7) is 7.74. The van der Waals surface area contributed by atoms with Crippen LogP contribution in [-0.2, 0) is 11.2 Å². The summed E-state index contributed by atoms with van der Waals surface area (Å²) in [6.07, 6.45) is 6.07. The Balaban J connectivity index is 1.76. The number of piperidine rings is 1. The molecule has 0 aliphatic carbocycles. The van der Waals surface area contributed by atoms with Crippen LogP contribution in [0.4, 0.5) is 10.6 Å². The van der Waals surface area contributed by atoms with Crippen LogP contribution in [-0.4, -0.2) is 40.5 Å². The topological polar surface area (TPSA) is 87.2 Å². The number of carbonyl (C=O) groups is 2. The lowest BCUT2D eigenvalue weighted by Crippen LogP contribution is -2.56. The van der Waals surface area contributed by atoms with Crippen LogP contribution < -0.4 is 15.5 Å². The molecule has 0 bridgehead atoms. The first kappa shape index (κ1) is 17.6. The lowest BCUT2D eigenvalue weighted by Gasteiger charge is -2.41. The molecular formula is C18H27N5O2. The minimum Gasteiger partial charge on any atom is -0.356 e. The van der Waals surface area contributed by atoms with Crippen molar-refractivity contribution in [1.82, 2.24) is 20.6 Å². The summed E-state index contributed by atoms with van der Waals surface area (Å²) in [6, 6.07) is -0.361. The zero-order valence-electron chi connectivity index (χ0n) is 15.3. The van der Waals surface area contributed by atoms with Gasteiger partial charge in [0.15, 0.2) is 0 Å². The fraction of sp³-hybridized carbons (Fsp3) is 0.667. The smallest absolute Gasteiger partial charge is 0.322 e. The Labute approximate surface area is 148 Å². The number of anilines is 1. The summed E-state index contributed by atoms with van der Waals surface area (Å²) in [4.78, 5) is 35.4. The van der Waals surface area contributed by atoms with E-state index in [1.807, 2.05) is 20.0 Å². The molecular weight excluding hydrogens is 318 g/mol. The summed E-state index contributed by atoms with van der Waals surface area (Å²) in [7, 11) is 0. The highest BCUT2D eigenvalue weighted by molar-refractivity contribution is 6.07. The molecule has 1 aromatic rings. The van der Waals surface area contributed by atoms with Crippen LogP contribution >= 0.6 is 0 Å². The fourth-order valence-electron chi connectivity index (χ4n) is 4.16. The maximum atomic E-state index is 12.5. The highest BCUT2D eigenvalue weighted by atomic mass is 16.2. The Kier molecular flexibility index (Phi) is 4.92. The molecule has 2 aliphatic heterocycles. The Hall–Kier alpha value is -2.18. The maximum absolute atomic E-state index is 12.5. The standard InChI is InChI=1S/C18H27N5O2/c1-4-8-18(16(24)21-17(25)22-18)14-6-9-23(10-7-14)15-13(5-2)11-19-12(3)20-15/h11,14H,4-10H2,1-3H3,(H2,21,22,24,25)/t18-/m0/s1. The fourth-order valence-corrected chi connectivity index (χ4v) is 4.16. The molecule has 7 nitrogen and oxygen atoms in total. The second kappa shape index (κ2) is 6.98. The van der Waals surface area contributed by atoms with Crippen molar-refractivity contribution in [1.29, 1.82) is 0 Å². The van der Waals surface area contributed by atoms with Gasteiger partial charge in [-0.15, -0.1) is 0 Å². The number of carbonyl (C=O) groups excluding carboxylic acids is 2. The first-order valence-corrected chi connectivity index (χ1v) is 9.21. The third-order valence-electron chi connectivity index (χ3n) is 5.45. The molecule has 0 spiro atoms. The summed E-state index contributed by atoms with van der Waals surface area (Å²) < 4.78 is 0. The predicted molar refractivity (Wildman–Crippen MR) is 95.4 cm³/mol. The molecule has 3 rings (SSSR count). The molecule has 1 aromatic heterocycles. The second-order valence-corrected chi connectivity index (χ2v) is 7.01. The number of aromatic nitrogens is 2. The van der Waals surface area contributed by atoms with Crippen molar-refractivity contribution in [2.24, 2.45) is 5.92 Å². The number of rotatable bonds is 5. The van der Waals surface area contributed by atoms with Gasteiger partial charge in [-0.3, -0.25) is 10.1 Å². The number of nitrogens with one attached hydrogen (secondary N) is 2. The van der Waals surface area contributed by atoms with Gasteiger partial charge in [-0.2, -0.15) is 0 Å². The molecule has 3 amide bonds. The van der Waals surface area contributed by atoms with Gasteiger partial charge in [-0.1, -0.05) is 20.3 Å². The van der Waals surface area contributed by atoms with Gasteiger partial charge in [-0.25, -0.2) is 14.8 Å². The van der Waals surface area contributed by atoms with Gasteiger partial charge < -0.3 is 10.2 Å². The van der Waals surface area contributed by atoms with E-state index in [4.69, 9.17) is 0 Å². The number of imide groups is 1. The van der Waals surface area contributed by atoms with Crippen molar-refractivity contribution in [2.75, 3.05) is 18.0 Å². The molecule has 1 atom stereocenters. The van der Waals surface area contributed by atoms with Crippen LogP contribution in [0, 0.1) is 12.8 Å². The van der Waals surface area contributed by atoms with Crippen LogP contribution in [0.5, 0.6) is 0 Å². The maximum Gasteiger partial charge on any atom is 0.322 e. The summed E-state index contributed by atoms with van der Waals surface area (Å²) >= 11 is 0. The number of hydrogen-bond acceptors (Lipinski definition) is 5. The van der Waals surface area contributed by atoms with E-state index in [0.29, 0.717) is 6.42 Å². The van der Waals surface area contributed by atoms with Crippen LogP contribution in [0.2, 0.25) is 0 Å². The summed E-state index contributed by atoms with van der Waals surface area (Å²) in [5, 5.41) is 5.37. The molecule has 0 saturated carbocycles.